The van der Waals surface area contributed by atoms with Crippen molar-refractivity contribution >= 4 is 5.69 Å². The van der Waals surface area contributed by atoms with Crippen LogP contribution < -0.4 is 19.1 Å². The molecule has 0 bridgehead atoms. The molecule has 0 fully saturated rings. The van der Waals surface area contributed by atoms with Crippen molar-refractivity contribution in [3.8, 4) is 28.4 Å². The highest BCUT2D eigenvalue weighted by atomic mass is 19.4. The Labute approximate surface area is 217 Å². The van der Waals surface area contributed by atoms with Crippen molar-refractivity contribution in [1.82, 2.24) is 0 Å². The van der Waals surface area contributed by atoms with E-state index in [9.17, 15) is 40.2 Å². The van der Waals surface area contributed by atoms with Gasteiger partial charge in [0.1, 0.15) is 24.8 Å². The summed E-state index contributed by atoms with van der Waals surface area (Å²) in [6.45, 7) is -1.56. The van der Waals surface area contributed by atoms with Gasteiger partial charge in [0.05, 0.1) is 17.8 Å². The van der Waals surface area contributed by atoms with Crippen LogP contribution in [0.25, 0.3) is 11.1 Å². The highest BCUT2D eigenvalue weighted by molar-refractivity contribution is 5.80. The molecule has 0 saturated heterocycles. The lowest BCUT2D eigenvalue weighted by atomic mass is 9.98. The first kappa shape index (κ1) is 28.3. The van der Waals surface area contributed by atoms with E-state index < -0.39 is 49.2 Å². The van der Waals surface area contributed by atoms with Crippen LogP contribution in [0.15, 0.2) is 66.7 Å². The Bertz CT molecular complexity index is 1290. The van der Waals surface area contributed by atoms with Crippen molar-refractivity contribution in [2.24, 2.45) is 0 Å². The maximum Gasteiger partial charge on any atom is 0.573 e. The monoisotopic (exact) mass is 563 g/mol. The molecule has 13 heteroatoms. The molecule has 3 aromatic rings. The van der Waals surface area contributed by atoms with Crippen molar-refractivity contribution in [2.45, 2.75) is 31.0 Å². The van der Waals surface area contributed by atoms with E-state index in [0.29, 0.717) is 16.8 Å². The molecule has 0 saturated carbocycles. The topological polar surface area (TPSA) is 51.2 Å². The molecule has 39 heavy (non-hydrogen) atoms. The molecule has 2 unspecified atom stereocenters. The minimum Gasteiger partial charge on any atom is -0.488 e. The zero-order valence-electron chi connectivity index (χ0n) is 19.8. The van der Waals surface area contributed by atoms with Crippen LogP contribution in [-0.2, 0) is 0 Å². The van der Waals surface area contributed by atoms with Crippen LogP contribution in [0, 0.1) is 0 Å². The maximum absolute atomic E-state index is 13.5. The van der Waals surface area contributed by atoms with Gasteiger partial charge in [-0.1, -0.05) is 36.4 Å². The highest BCUT2D eigenvalue weighted by Gasteiger charge is 2.44. The fourth-order valence-corrected chi connectivity index (χ4v) is 4.18. The number of benzene rings is 3. The summed E-state index contributed by atoms with van der Waals surface area (Å²) >= 11 is 0. The molecule has 210 valence electrons. The molecule has 0 radical (unpaired) electrons. The summed E-state index contributed by atoms with van der Waals surface area (Å²) in [6, 6.07) is 14.0. The lowest BCUT2D eigenvalue weighted by molar-refractivity contribution is -0.274. The summed E-state index contributed by atoms with van der Waals surface area (Å²) in [5, 5.41) is 10.1. The maximum atomic E-state index is 13.5. The number of hydrogen-bond acceptors (Lipinski definition) is 5. The average molecular weight is 563 g/mol. The summed E-state index contributed by atoms with van der Waals surface area (Å²) < 4.78 is 118. The Hall–Kier alpha value is -3.74. The summed E-state index contributed by atoms with van der Waals surface area (Å²) in [5.74, 6) is -0.807. The van der Waals surface area contributed by atoms with Gasteiger partial charge >= 0.3 is 18.9 Å². The van der Waals surface area contributed by atoms with Gasteiger partial charge in [0, 0.05) is 12.1 Å². The molecular weight excluding hydrogens is 542 g/mol. The predicted molar refractivity (Wildman–Crippen MR) is 124 cm³/mol. The zero-order chi connectivity index (χ0) is 28.4. The average Bonchev–Trinajstić information content (AvgIpc) is 2.87. The number of ether oxygens (including phenoxy) is 3. The molecule has 0 spiro atoms. The fourth-order valence-electron chi connectivity index (χ4n) is 4.18. The molecule has 1 aliphatic heterocycles. The van der Waals surface area contributed by atoms with Crippen molar-refractivity contribution in [2.75, 3.05) is 24.7 Å². The third-order valence-corrected chi connectivity index (χ3v) is 5.78. The number of alkyl halides is 8. The summed E-state index contributed by atoms with van der Waals surface area (Å²) in [4.78, 5) is 1.53. The Balaban J connectivity index is 1.72. The summed E-state index contributed by atoms with van der Waals surface area (Å²) in [6.07, 6.45) is -15.2. The Morgan fingerprint density at radius 2 is 1.59 bits per heavy atom. The second kappa shape index (κ2) is 11.2. The number of aliphatic hydroxyl groups excluding tert-OH is 1. The van der Waals surface area contributed by atoms with E-state index in [2.05, 4.69) is 9.47 Å². The lowest BCUT2D eigenvalue weighted by Gasteiger charge is -2.40. The highest BCUT2D eigenvalue weighted by Crippen LogP contribution is 2.46. The van der Waals surface area contributed by atoms with Gasteiger partial charge in [0.15, 0.2) is 5.75 Å². The second-order valence-corrected chi connectivity index (χ2v) is 8.55. The van der Waals surface area contributed by atoms with Crippen molar-refractivity contribution in [3.63, 3.8) is 0 Å². The number of halogens is 8. The third-order valence-electron chi connectivity index (χ3n) is 5.78. The number of rotatable bonds is 9. The van der Waals surface area contributed by atoms with Crippen LogP contribution in [0.1, 0.15) is 11.6 Å². The Morgan fingerprint density at radius 3 is 2.26 bits per heavy atom. The van der Waals surface area contributed by atoms with Gasteiger partial charge in [-0.05, 0) is 41.5 Å². The number of anilines is 1. The van der Waals surface area contributed by atoms with Crippen molar-refractivity contribution in [1.29, 1.82) is 0 Å². The van der Waals surface area contributed by atoms with Gasteiger partial charge in [-0.25, -0.2) is 4.39 Å². The summed E-state index contributed by atoms with van der Waals surface area (Å²) in [5.41, 5.74) is 1.28. The second-order valence-electron chi connectivity index (χ2n) is 8.55. The van der Waals surface area contributed by atoms with E-state index in [0.717, 1.165) is 24.3 Å². The zero-order valence-corrected chi connectivity index (χ0v) is 19.8. The van der Waals surface area contributed by atoms with Gasteiger partial charge in [0.25, 0.3) is 0 Å². The quantitative estimate of drug-likeness (QED) is 0.292. The Morgan fingerprint density at radius 1 is 0.923 bits per heavy atom. The molecule has 1 N–H and O–H groups in total. The molecule has 1 heterocycles. The molecule has 2 atom stereocenters. The van der Waals surface area contributed by atoms with Gasteiger partial charge in [-0.2, -0.15) is 17.6 Å². The number of fused-ring (bicyclic) bond motifs is 1. The largest absolute Gasteiger partial charge is 0.573 e. The molecule has 4 rings (SSSR count). The van der Waals surface area contributed by atoms with Gasteiger partial charge < -0.3 is 24.2 Å². The van der Waals surface area contributed by atoms with Crippen LogP contribution in [0.4, 0.5) is 40.8 Å². The first-order valence-corrected chi connectivity index (χ1v) is 11.5. The number of nitrogens with zero attached hydrogens (tertiary/aromatic N) is 1. The van der Waals surface area contributed by atoms with E-state index in [4.69, 9.17) is 4.74 Å². The fraction of sp³-hybridized carbons (Fsp3) is 0.308. The first-order chi connectivity index (χ1) is 18.4. The normalized spacial score (nSPS) is 16.5. The Kier molecular flexibility index (Phi) is 8.09. The molecule has 5 nitrogen and oxygen atoms in total. The van der Waals surface area contributed by atoms with Crippen LogP contribution in [-0.4, -0.2) is 49.9 Å². The van der Waals surface area contributed by atoms with E-state index in [1.807, 2.05) is 0 Å². The lowest BCUT2D eigenvalue weighted by Crippen LogP contribution is -2.42. The van der Waals surface area contributed by atoms with Crippen LogP contribution in [0.2, 0.25) is 0 Å². The van der Waals surface area contributed by atoms with Crippen molar-refractivity contribution < 1.29 is 54.4 Å². The molecule has 0 aliphatic carbocycles. The van der Waals surface area contributed by atoms with Crippen LogP contribution >= 0.6 is 0 Å². The van der Waals surface area contributed by atoms with Crippen molar-refractivity contribution in [3.05, 3.63) is 72.3 Å². The molecule has 0 amide bonds. The molecule has 1 aliphatic rings. The number of aliphatic hydroxyl groups is 1. The van der Waals surface area contributed by atoms with E-state index in [1.54, 1.807) is 18.2 Å². The standard InChI is InChI=1S/C26H21F8NO4/c27-12-17(36)13-35-21-9-3-8-20(15-4-1-7-19(10-15)39-26(32,33)34)23(21)37-14-22(35)16-5-2-6-18(11-16)38-25(30,31)24(28)29/h1-11,17,22,24,36H,12-14H2. The minimum atomic E-state index is -4.91. The molecule has 3 aromatic carbocycles. The van der Waals surface area contributed by atoms with E-state index in [1.165, 1.54) is 29.2 Å². The number of β-amino-alcohol motifs (C(OH)–C–C–N with tert-alkyl or cyclic N) is 1. The molecular formula is C26H21F8NO4. The van der Waals surface area contributed by atoms with Gasteiger partial charge in [0.2, 0.25) is 0 Å². The smallest absolute Gasteiger partial charge is 0.488 e. The third kappa shape index (κ3) is 6.64. The van der Waals surface area contributed by atoms with Crippen LogP contribution in [0.5, 0.6) is 17.2 Å². The minimum absolute atomic E-state index is 0.170. The SMILES string of the molecule is OC(CF)CN1c2cccc(-c3cccc(OC(F)(F)F)c3)c2OCC1c1cccc(OC(F)(F)C(F)F)c1. The predicted octanol–water partition coefficient (Wildman–Crippen LogP) is 6.76. The number of hydrogen-bond donors (Lipinski definition) is 1. The van der Waals surface area contributed by atoms with Crippen LogP contribution in [0.3, 0.4) is 0 Å². The first-order valence-electron chi connectivity index (χ1n) is 11.5. The summed E-state index contributed by atoms with van der Waals surface area (Å²) in [7, 11) is 0. The number of para-hydroxylation sites is 1. The van der Waals surface area contributed by atoms with Gasteiger partial charge in [-0.3, -0.25) is 0 Å². The van der Waals surface area contributed by atoms with E-state index in [-0.39, 0.29) is 24.5 Å². The van der Waals surface area contributed by atoms with Gasteiger partial charge in [-0.15, -0.1) is 13.2 Å². The molecule has 0 aromatic heterocycles. The van der Waals surface area contributed by atoms with E-state index >= 15 is 0 Å².